The van der Waals surface area contributed by atoms with Crippen LogP contribution in [0.25, 0.3) is 0 Å². The van der Waals surface area contributed by atoms with Gasteiger partial charge in [-0.05, 0) is 24.0 Å². The van der Waals surface area contributed by atoms with Crippen LogP contribution in [0.1, 0.15) is 31.4 Å². The Morgan fingerprint density at radius 2 is 1.81 bits per heavy atom. The van der Waals surface area contributed by atoms with Gasteiger partial charge in [-0.15, -0.1) is 0 Å². The molecule has 1 aromatic carbocycles. The smallest absolute Gasteiger partial charge is 0.223 e. The first-order valence-corrected chi connectivity index (χ1v) is 7.37. The molecule has 21 heavy (non-hydrogen) atoms. The number of amides is 1. The largest absolute Gasteiger partial charge is 0.370 e. The molecule has 0 fully saturated rings. The zero-order valence-corrected chi connectivity index (χ0v) is 13.4. The Morgan fingerprint density at radius 3 is 2.29 bits per heavy atom. The number of benzene rings is 1. The molecule has 0 aliphatic carbocycles. The summed E-state index contributed by atoms with van der Waals surface area (Å²) in [5, 5.41) is 3.19. The molecule has 0 unspecified atom stereocenters. The number of guanidine groups is 1. The Hall–Kier alpha value is -2.04. The van der Waals surface area contributed by atoms with E-state index in [-0.39, 0.29) is 5.91 Å². The Kier molecular flexibility index (Phi) is 6.72. The molecule has 1 aromatic rings. The van der Waals surface area contributed by atoms with Gasteiger partial charge in [0.1, 0.15) is 0 Å². The van der Waals surface area contributed by atoms with Crippen molar-refractivity contribution in [2.75, 3.05) is 26.0 Å². The molecule has 0 aliphatic rings. The quantitative estimate of drug-likeness (QED) is 0.622. The van der Waals surface area contributed by atoms with Crippen molar-refractivity contribution in [1.82, 2.24) is 4.90 Å². The number of carbonyl (C=O) groups is 1. The van der Waals surface area contributed by atoms with Gasteiger partial charge in [-0.1, -0.05) is 32.0 Å². The molecule has 0 heterocycles. The summed E-state index contributed by atoms with van der Waals surface area (Å²) >= 11 is 0. The van der Waals surface area contributed by atoms with E-state index < -0.39 is 0 Å². The third-order valence-corrected chi connectivity index (χ3v) is 3.36. The van der Waals surface area contributed by atoms with Gasteiger partial charge in [0.2, 0.25) is 5.91 Å². The Labute approximate surface area is 127 Å². The molecular weight excluding hydrogens is 264 g/mol. The summed E-state index contributed by atoms with van der Waals surface area (Å²) in [5.41, 5.74) is 9.41. The van der Waals surface area contributed by atoms with Crippen LogP contribution in [0.3, 0.4) is 0 Å². The highest BCUT2D eigenvalue weighted by molar-refractivity contribution is 5.94. The average molecular weight is 290 g/mol. The van der Waals surface area contributed by atoms with Crippen molar-refractivity contribution >= 4 is 17.6 Å². The first kappa shape index (κ1) is 17.0. The van der Waals surface area contributed by atoms with E-state index in [1.54, 1.807) is 19.0 Å². The van der Waals surface area contributed by atoms with Crippen molar-refractivity contribution in [2.24, 2.45) is 10.7 Å². The van der Waals surface area contributed by atoms with E-state index in [0.29, 0.717) is 18.9 Å². The van der Waals surface area contributed by atoms with E-state index in [0.717, 1.165) is 18.5 Å². The molecule has 116 valence electrons. The second-order valence-electron chi connectivity index (χ2n) is 5.09. The minimum atomic E-state index is 0.0507. The van der Waals surface area contributed by atoms with Gasteiger partial charge >= 0.3 is 0 Å². The molecule has 0 spiro atoms. The monoisotopic (exact) mass is 290 g/mol. The minimum Gasteiger partial charge on any atom is -0.370 e. The third-order valence-electron chi connectivity index (χ3n) is 3.36. The highest BCUT2D eigenvalue weighted by atomic mass is 16.2. The molecule has 5 heteroatoms. The summed E-state index contributed by atoms with van der Waals surface area (Å²) < 4.78 is 0. The number of hydrogen-bond donors (Lipinski definition) is 2. The van der Waals surface area contributed by atoms with Crippen molar-refractivity contribution in [3.63, 3.8) is 0 Å². The van der Waals surface area contributed by atoms with Gasteiger partial charge in [-0.25, -0.2) is 0 Å². The fourth-order valence-corrected chi connectivity index (χ4v) is 2.07. The second kappa shape index (κ2) is 8.29. The van der Waals surface area contributed by atoms with E-state index in [9.17, 15) is 4.79 Å². The molecule has 1 rings (SSSR count). The molecule has 0 saturated carbocycles. The molecule has 0 radical (unpaired) electrons. The standard InChI is InChI=1S/C16H26N4O/c1-5-12-8-7-9-13(6-2)15(12)19-16(17)18-11-10-14(21)20(3)4/h7-9H,5-6,10-11H2,1-4H3,(H3,17,18,19). The lowest BCUT2D eigenvalue weighted by Gasteiger charge is -2.15. The second-order valence-corrected chi connectivity index (χ2v) is 5.09. The summed E-state index contributed by atoms with van der Waals surface area (Å²) in [6, 6.07) is 6.24. The molecular formula is C16H26N4O. The average Bonchev–Trinajstić information content (AvgIpc) is 2.47. The van der Waals surface area contributed by atoms with Crippen molar-refractivity contribution in [3.05, 3.63) is 29.3 Å². The van der Waals surface area contributed by atoms with Crippen molar-refractivity contribution in [2.45, 2.75) is 33.1 Å². The summed E-state index contributed by atoms with van der Waals surface area (Å²) in [6.45, 7) is 4.62. The fourth-order valence-electron chi connectivity index (χ4n) is 2.07. The molecule has 1 amide bonds. The van der Waals surface area contributed by atoms with Crippen molar-refractivity contribution in [1.29, 1.82) is 0 Å². The maximum absolute atomic E-state index is 11.5. The molecule has 0 bridgehead atoms. The first-order chi connectivity index (χ1) is 9.99. The van der Waals surface area contributed by atoms with E-state index in [1.807, 2.05) is 0 Å². The van der Waals surface area contributed by atoms with Crippen LogP contribution in [0.5, 0.6) is 0 Å². The van der Waals surface area contributed by atoms with Gasteiger partial charge in [0, 0.05) is 26.2 Å². The van der Waals surface area contributed by atoms with Gasteiger partial charge in [-0.2, -0.15) is 0 Å². The first-order valence-electron chi connectivity index (χ1n) is 7.37. The number of anilines is 1. The number of aliphatic imine (C=N–C) groups is 1. The van der Waals surface area contributed by atoms with Crippen LogP contribution in [0.4, 0.5) is 5.69 Å². The number of aryl methyl sites for hydroxylation is 2. The van der Waals surface area contributed by atoms with E-state index in [1.165, 1.54) is 11.1 Å². The molecule has 5 nitrogen and oxygen atoms in total. The Morgan fingerprint density at radius 1 is 1.24 bits per heavy atom. The molecule has 0 aromatic heterocycles. The number of para-hydroxylation sites is 1. The molecule has 0 aliphatic heterocycles. The van der Waals surface area contributed by atoms with Gasteiger partial charge in [0.25, 0.3) is 0 Å². The van der Waals surface area contributed by atoms with Crippen molar-refractivity contribution in [3.8, 4) is 0 Å². The maximum Gasteiger partial charge on any atom is 0.223 e. The van der Waals surface area contributed by atoms with Crippen LogP contribution in [-0.4, -0.2) is 37.4 Å². The number of carbonyl (C=O) groups excluding carboxylic acids is 1. The van der Waals surface area contributed by atoms with Crippen LogP contribution in [0.2, 0.25) is 0 Å². The summed E-state index contributed by atoms with van der Waals surface area (Å²) in [7, 11) is 3.47. The van der Waals surface area contributed by atoms with Gasteiger partial charge in [0.15, 0.2) is 5.96 Å². The SMILES string of the molecule is CCc1cccc(CC)c1NC(N)=NCCC(=O)N(C)C. The normalized spacial score (nSPS) is 11.3. The van der Waals surface area contributed by atoms with Crippen LogP contribution >= 0.6 is 0 Å². The predicted molar refractivity (Wildman–Crippen MR) is 88.6 cm³/mol. The number of nitrogens with one attached hydrogen (secondary N) is 1. The number of nitrogens with two attached hydrogens (primary N) is 1. The highest BCUT2D eigenvalue weighted by Gasteiger charge is 2.07. The topological polar surface area (TPSA) is 70.7 Å². The zero-order chi connectivity index (χ0) is 15.8. The number of rotatable bonds is 6. The van der Waals surface area contributed by atoms with Gasteiger partial charge in [0.05, 0.1) is 6.54 Å². The highest BCUT2D eigenvalue weighted by Crippen LogP contribution is 2.22. The Bertz CT molecular complexity index is 487. The fraction of sp³-hybridized carbons (Fsp3) is 0.500. The predicted octanol–water partition coefficient (Wildman–Crippen LogP) is 2.02. The maximum atomic E-state index is 11.5. The van der Waals surface area contributed by atoms with E-state index >= 15 is 0 Å². The van der Waals surface area contributed by atoms with Crippen LogP contribution < -0.4 is 11.1 Å². The van der Waals surface area contributed by atoms with Gasteiger partial charge < -0.3 is 16.0 Å². The van der Waals surface area contributed by atoms with Crippen LogP contribution in [-0.2, 0) is 17.6 Å². The van der Waals surface area contributed by atoms with E-state index in [2.05, 4.69) is 42.4 Å². The lowest BCUT2D eigenvalue weighted by atomic mass is 10.0. The van der Waals surface area contributed by atoms with E-state index in [4.69, 9.17) is 5.73 Å². The number of nitrogens with zero attached hydrogens (tertiary/aromatic N) is 2. The Balaban J connectivity index is 2.74. The lowest BCUT2D eigenvalue weighted by molar-refractivity contribution is -0.128. The van der Waals surface area contributed by atoms with Crippen LogP contribution in [0.15, 0.2) is 23.2 Å². The molecule has 3 N–H and O–H groups in total. The summed E-state index contributed by atoms with van der Waals surface area (Å²) in [5.74, 6) is 0.409. The van der Waals surface area contributed by atoms with Gasteiger partial charge in [-0.3, -0.25) is 9.79 Å². The summed E-state index contributed by atoms with van der Waals surface area (Å²) in [6.07, 6.45) is 2.23. The lowest BCUT2D eigenvalue weighted by Crippen LogP contribution is -2.26. The summed E-state index contributed by atoms with van der Waals surface area (Å²) in [4.78, 5) is 17.3. The molecule has 0 atom stereocenters. The molecule has 0 saturated heterocycles. The zero-order valence-electron chi connectivity index (χ0n) is 13.4. The van der Waals surface area contributed by atoms with Crippen molar-refractivity contribution < 1.29 is 4.79 Å². The third kappa shape index (κ3) is 5.10. The minimum absolute atomic E-state index is 0.0507. The number of hydrogen-bond acceptors (Lipinski definition) is 2. The van der Waals surface area contributed by atoms with Crippen LogP contribution in [0, 0.1) is 0 Å².